The van der Waals surface area contributed by atoms with E-state index in [-0.39, 0.29) is 30.1 Å². The van der Waals surface area contributed by atoms with Crippen LogP contribution in [0.5, 0.6) is 17.2 Å². The second-order valence-corrected chi connectivity index (χ2v) is 8.47. The topological polar surface area (TPSA) is 110 Å². The highest BCUT2D eigenvalue weighted by Gasteiger charge is 2.31. The molecule has 2 heterocycles. The summed E-state index contributed by atoms with van der Waals surface area (Å²) >= 11 is 0. The van der Waals surface area contributed by atoms with Crippen molar-refractivity contribution >= 4 is 11.8 Å². The Hall–Kier alpha value is -4.39. The van der Waals surface area contributed by atoms with Crippen molar-refractivity contribution in [2.45, 2.75) is 37.8 Å². The van der Waals surface area contributed by atoms with Crippen LogP contribution in [0.4, 0.5) is 13.2 Å². The molecule has 1 unspecified atom stereocenters. The van der Waals surface area contributed by atoms with Gasteiger partial charge in [-0.05, 0) is 61.7 Å². The number of halogens is 3. The Labute approximate surface area is 210 Å². The zero-order valence-corrected chi connectivity index (χ0v) is 19.4. The van der Waals surface area contributed by atoms with Crippen LogP contribution in [0.25, 0.3) is 0 Å². The van der Waals surface area contributed by atoms with Crippen molar-refractivity contribution in [3.05, 3.63) is 82.7 Å². The van der Waals surface area contributed by atoms with Crippen LogP contribution in [-0.2, 0) is 17.4 Å². The smallest absolute Gasteiger partial charge is 0.417 e. The summed E-state index contributed by atoms with van der Waals surface area (Å²) < 4.78 is 49.3. The Bertz CT molecular complexity index is 1350. The number of ether oxygens (including phenoxy) is 2. The molecule has 1 atom stereocenters. The molecule has 1 aliphatic heterocycles. The number of carbonyl (C=O) groups excluding carboxylic acids is 1. The lowest BCUT2D eigenvalue weighted by Crippen LogP contribution is -2.21. The molecule has 0 spiro atoms. The number of benzene rings is 2. The van der Waals surface area contributed by atoms with Gasteiger partial charge >= 0.3 is 12.1 Å². The van der Waals surface area contributed by atoms with Crippen molar-refractivity contribution in [2.75, 3.05) is 6.61 Å². The van der Waals surface area contributed by atoms with Crippen molar-refractivity contribution < 1.29 is 37.3 Å². The molecule has 190 valence electrons. The number of nitrogens with zero attached hydrogens (tertiary/aromatic N) is 2. The highest BCUT2D eigenvalue weighted by atomic mass is 19.4. The first-order valence-electron chi connectivity index (χ1n) is 11.4. The molecule has 37 heavy (non-hydrogen) atoms. The average Bonchev–Trinajstić information content (AvgIpc) is 2.88. The first kappa shape index (κ1) is 25.7. The van der Waals surface area contributed by atoms with Crippen molar-refractivity contribution in [1.29, 1.82) is 5.26 Å². The van der Waals surface area contributed by atoms with Crippen molar-refractivity contribution in [1.82, 2.24) is 4.98 Å². The number of pyridine rings is 1. The van der Waals surface area contributed by atoms with Gasteiger partial charge in [0, 0.05) is 35.5 Å². The molecule has 2 aromatic carbocycles. The van der Waals surface area contributed by atoms with Crippen molar-refractivity contribution in [3.8, 4) is 23.3 Å². The predicted molar refractivity (Wildman–Crippen MR) is 125 cm³/mol. The summed E-state index contributed by atoms with van der Waals surface area (Å²) in [6.07, 6.45) is -2.37. The molecular weight excluding hydrogens is 489 g/mol. The Morgan fingerprint density at radius 3 is 2.54 bits per heavy atom. The molecule has 3 aromatic rings. The van der Waals surface area contributed by atoms with Gasteiger partial charge in [-0.3, -0.25) is 14.6 Å². The molecule has 0 fully saturated rings. The number of carboxylic acids is 1. The van der Waals surface area contributed by atoms with E-state index in [9.17, 15) is 33.1 Å². The number of rotatable bonds is 8. The molecule has 0 radical (unpaired) electrons. The summed E-state index contributed by atoms with van der Waals surface area (Å²) in [6.45, 7) is 0.237. The van der Waals surface area contributed by atoms with Gasteiger partial charge in [0.15, 0.2) is 5.78 Å². The number of fused-ring (bicyclic) bond motifs is 1. The number of ketones is 1. The van der Waals surface area contributed by atoms with Gasteiger partial charge in [0.2, 0.25) is 0 Å². The van der Waals surface area contributed by atoms with E-state index < -0.39 is 23.6 Å². The molecule has 0 saturated carbocycles. The van der Waals surface area contributed by atoms with Crippen LogP contribution in [0.15, 0.2) is 54.7 Å². The number of carbonyl (C=O) groups is 2. The summed E-state index contributed by atoms with van der Waals surface area (Å²) in [7, 11) is 0. The average molecular weight is 510 g/mol. The maximum absolute atomic E-state index is 12.6. The van der Waals surface area contributed by atoms with Crippen LogP contribution in [0, 0.1) is 11.3 Å². The third-order valence-corrected chi connectivity index (χ3v) is 5.96. The van der Waals surface area contributed by atoms with E-state index in [2.05, 4.69) is 4.98 Å². The van der Waals surface area contributed by atoms with E-state index in [1.807, 2.05) is 6.07 Å². The summed E-state index contributed by atoms with van der Waals surface area (Å²) in [6, 6.07) is 13.6. The number of hydrogen-bond acceptors (Lipinski definition) is 6. The van der Waals surface area contributed by atoms with Gasteiger partial charge in [-0.1, -0.05) is 0 Å². The van der Waals surface area contributed by atoms with Crippen LogP contribution in [0.1, 0.15) is 57.9 Å². The quantitative estimate of drug-likeness (QED) is 0.375. The molecule has 7 nitrogen and oxygen atoms in total. The predicted octanol–water partition coefficient (Wildman–Crippen LogP) is 5.92. The molecule has 1 N–H and O–H groups in total. The van der Waals surface area contributed by atoms with E-state index in [0.717, 1.165) is 12.3 Å². The van der Waals surface area contributed by atoms with Gasteiger partial charge in [-0.25, -0.2) is 0 Å². The van der Waals surface area contributed by atoms with E-state index in [0.29, 0.717) is 47.6 Å². The zero-order valence-electron chi connectivity index (χ0n) is 19.4. The van der Waals surface area contributed by atoms with Crippen molar-refractivity contribution in [2.24, 2.45) is 0 Å². The van der Waals surface area contributed by atoms with Gasteiger partial charge < -0.3 is 14.6 Å². The number of alkyl halides is 3. The van der Waals surface area contributed by atoms with Crippen LogP contribution in [-0.4, -0.2) is 28.4 Å². The van der Waals surface area contributed by atoms with E-state index in [4.69, 9.17) is 9.47 Å². The molecule has 4 rings (SSSR count). The Morgan fingerprint density at radius 1 is 1.16 bits per heavy atom. The first-order valence-corrected chi connectivity index (χ1v) is 11.4. The lowest BCUT2D eigenvalue weighted by molar-refractivity contribution is -0.139. The highest BCUT2D eigenvalue weighted by Crippen LogP contribution is 2.39. The van der Waals surface area contributed by atoms with Gasteiger partial charge in [0.25, 0.3) is 0 Å². The standard InChI is InChI=1S/C27H21F3N2O5/c28-27(29,30)18-6-7-19(32-15-18)2-1-3-23(33)16-4-8-20(9-5-16)37-24-13-25-22(12-17(24)14-31)21(26(34)35)10-11-36-25/h4-9,12-13,15,21H,1-3,10-11H2,(H,34,35). The van der Waals surface area contributed by atoms with E-state index >= 15 is 0 Å². The molecule has 0 bridgehead atoms. The molecule has 10 heteroatoms. The number of Topliss-reactive ketones (excluding diaryl/α,β-unsaturated/α-hetero) is 1. The molecule has 0 aliphatic carbocycles. The van der Waals surface area contributed by atoms with Gasteiger partial charge in [-0.15, -0.1) is 0 Å². The monoisotopic (exact) mass is 510 g/mol. The minimum atomic E-state index is -4.44. The molecule has 1 aliphatic rings. The normalized spacial score (nSPS) is 14.7. The minimum Gasteiger partial charge on any atom is -0.493 e. The fraction of sp³-hybridized carbons (Fsp3) is 0.259. The fourth-order valence-corrected chi connectivity index (χ4v) is 4.00. The molecule has 0 amide bonds. The number of carboxylic acid groups (broad SMARTS) is 1. The van der Waals surface area contributed by atoms with Crippen molar-refractivity contribution in [3.63, 3.8) is 0 Å². The van der Waals surface area contributed by atoms with E-state index in [1.54, 1.807) is 24.3 Å². The highest BCUT2D eigenvalue weighted by molar-refractivity contribution is 5.96. The molecule has 1 aromatic heterocycles. The molecular formula is C27H21F3N2O5. The van der Waals surface area contributed by atoms with Gasteiger partial charge in [0.05, 0.1) is 23.7 Å². The van der Waals surface area contributed by atoms with Crippen LogP contribution >= 0.6 is 0 Å². The Kier molecular flexibility index (Phi) is 7.43. The van der Waals surface area contributed by atoms with Crippen LogP contribution in [0.2, 0.25) is 0 Å². The second kappa shape index (κ2) is 10.7. The number of aromatic nitrogens is 1. The molecule has 0 saturated heterocycles. The number of hydrogen-bond donors (Lipinski definition) is 1. The zero-order chi connectivity index (χ0) is 26.6. The maximum Gasteiger partial charge on any atom is 0.417 e. The summed E-state index contributed by atoms with van der Waals surface area (Å²) in [5.41, 5.74) is 0.680. The summed E-state index contributed by atoms with van der Waals surface area (Å²) in [4.78, 5) is 27.9. The summed E-state index contributed by atoms with van der Waals surface area (Å²) in [5, 5.41) is 19.0. The summed E-state index contributed by atoms with van der Waals surface area (Å²) in [5.74, 6) is -0.966. The fourth-order valence-electron chi connectivity index (χ4n) is 4.00. The van der Waals surface area contributed by atoms with E-state index in [1.165, 1.54) is 18.2 Å². The van der Waals surface area contributed by atoms with Crippen LogP contribution in [0.3, 0.4) is 0 Å². The van der Waals surface area contributed by atoms with Crippen LogP contribution < -0.4 is 9.47 Å². The Morgan fingerprint density at radius 2 is 1.92 bits per heavy atom. The minimum absolute atomic E-state index is 0.141. The Balaban J connectivity index is 1.37. The lowest BCUT2D eigenvalue weighted by Gasteiger charge is -2.24. The first-order chi connectivity index (χ1) is 17.7. The second-order valence-electron chi connectivity index (χ2n) is 8.47. The number of aliphatic carboxylic acids is 1. The number of aryl methyl sites for hydroxylation is 1. The van der Waals surface area contributed by atoms with Gasteiger partial charge in [0.1, 0.15) is 23.3 Å². The number of nitriles is 1. The third kappa shape index (κ3) is 6.06. The maximum atomic E-state index is 12.6. The SMILES string of the molecule is N#Cc1cc2c(cc1Oc1ccc(C(=O)CCCc3ccc(C(F)(F)F)cn3)cc1)OCCC2C(=O)O. The largest absolute Gasteiger partial charge is 0.493 e. The van der Waals surface area contributed by atoms with Gasteiger partial charge in [-0.2, -0.15) is 18.4 Å². The lowest BCUT2D eigenvalue weighted by atomic mass is 9.91. The third-order valence-electron chi connectivity index (χ3n) is 5.96.